The van der Waals surface area contributed by atoms with E-state index in [1.807, 2.05) is 6.07 Å². The van der Waals surface area contributed by atoms with Crippen molar-refractivity contribution < 1.29 is 18.7 Å². The van der Waals surface area contributed by atoms with Gasteiger partial charge in [-0.2, -0.15) is 5.26 Å². The first-order valence-electron chi connectivity index (χ1n) is 10.4. The lowest BCUT2D eigenvalue weighted by atomic mass is 9.96. The van der Waals surface area contributed by atoms with Gasteiger partial charge in [0, 0.05) is 18.3 Å². The van der Waals surface area contributed by atoms with E-state index in [1.165, 1.54) is 7.11 Å². The van der Waals surface area contributed by atoms with Crippen molar-refractivity contribution in [3.63, 3.8) is 0 Å². The Bertz CT molecular complexity index is 940. The summed E-state index contributed by atoms with van der Waals surface area (Å²) in [5, 5.41) is 9.57. The molecule has 164 valence electrons. The highest BCUT2D eigenvalue weighted by molar-refractivity contribution is 5.87. The molecule has 2 heterocycles. The van der Waals surface area contributed by atoms with Crippen LogP contribution in [0, 0.1) is 17.2 Å². The van der Waals surface area contributed by atoms with Crippen LogP contribution in [0.3, 0.4) is 0 Å². The van der Waals surface area contributed by atoms with E-state index in [2.05, 4.69) is 20.7 Å². The molecule has 6 nitrogen and oxygen atoms in total. The van der Waals surface area contributed by atoms with Gasteiger partial charge in [-0.05, 0) is 69.5 Å². The zero-order valence-electron chi connectivity index (χ0n) is 18.2. The summed E-state index contributed by atoms with van der Waals surface area (Å²) >= 11 is 0. The SMILES string of the molecule is COC(=O)c1ccc(-c2ccc(OCC3CCN(CC(C)(C)F)CC3)c(C#N)c2)cn1. The highest BCUT2D eigenvalue weighted by atomic mass is 19.1. The fourth-order valence-electron chi connectivity index (χ4n) is 3.76. The molecule has 0 spiro atoms. The van der Waals surface area contributed by atoms with Gasteiger partial charge in [0.2, 0.25) is 0 Å². The Morgan fingerprint density at radius 3 is 2.55 bits per heavy atom. The van der Waals surface area contributed by atoms with Gasteiger partial charge in [-0.25, -0.2) is 14.2 Å². The van der Waals surface area contributed by atoms with Crippen LogP contribution >= 0.6 is 0 Å². The average molecular weight is 426 g/mol. The summed E-state index contributed by atoms with van der Waals surface area (Å²) in [6.45, 7) is 5.93. The quantitative estimate of drug-likeness (QED) is 0.618. The minimum atomic E-state index is -1.18. The fourth-order valence-corrected chi connectivity index (χ4v) is 3.76. The van der Waals surface area contributed by atoms with E-state index < -0.39 is 11.6 Å². The molecule has 1 aliphatic rings. The molecule has 0 unspecified atom stereocenters. The molecule has 1 aliphatic heterocycles. The van der Waals surface area contributed by atoms with Crippen molar-refractivity contribution in [2.24, 2.45) is 5.92 Å². The number of nitrogens with zero attached hydrogens (tertiary/aromatic N) is 3. The van der Waals surface area contributed by atoms with Crippen LogP contribution in [0.2, 0.25) is 0 Å². The number of methoxy groups -OCH3 is 1. The Balaban J connectivity index is 1.60. The van der Waals surface area contributed by atoms with Gasteiger partial charge in [0.1, 0.15) is 23.2 Å². The standard InChI is InChI=1S/C24H28FN3O3/c1-24(2,25)16-28-10-8-17(9-11-28)15-31-22-7-5-18(12-20(22)13-26)19-4-6-21(27-14-19)23(29)30-3/h4-7,12,14,17H,8-11,15-16H2,1-3H3. The van der Waals surface area contributed by atoms with Crippen molar-refractivity contribution in [3.8, 4) is 22.9 Å². The molecular formula is C24H28FN3O3. The number of benzene rings is 1. The van der Waals surface area contributed by atoms with E-state index in [-0.39, 0.29) is 5.69 Å². The summed E-state index contributed by atoms with van der Waals surface area (Å²) in [5.41, 5.74) is 1.11. The zero-order valence-corrected chi connectivity index (χ0v) is 18.2. The molecule has 0 aliphatic carbocycles. The van der Waals surface area contributed by atoms with Crippen LogP contribution in [0.1, 0.15) is 42.7 Å². The smallest absolute Gasteiger partial charge is 0.356 e. The van der Waals surface area contributed by atoms with Gasteiger partial charge in [0.05, 0.1) is 19.3 Å². The van der Waals surface area contributed by atoms with Gasteiger partial charge in [0.15, 0.2) is 0 Å². The van der Waals surface area contributed by atoms with E-state index in [0.717, 1.165) is 37.1 Å². The molecule has 1 fully saturated rings. The maximum atomic E-state index is 13.8. The Labute approximate surface area is 182 Å². The number of hydrogen-bond donors (Lipinski definition) is 0. The highest BCUT2D eigenvalue weighted by Crippen LogP contribution is 2.28. The van der Waals surface area contributed by atoms with E-state index in [0.29, 0.717) is 30.4 Å². The molecule has 0 radical (unpaired) electrons. The minimum absolute atomic E-state index is 0.229. The topological polar surface area (TPSA) is 75.5 Å². The van der Waals surface area contributed by atoms with E-state index >= 15 is 0 Å². The van der Waals surface area contributed by atoms with Crippen molar-refractivity contribution >= 4 is 5.97 Å². The molecule has 7 heteroatoms. The number of halogens is 1. The van der Waals surface area contributed by atoms with Gasteiger partial charge in [-0.15, -0.1) is 0 Å². The lowest BCUT2D eigenvalue weighted by Crippen LogP contribution is -2.41. The number of pyridine rings is 1. The monoisotopic (exact) mass is 425 g/mol. The summed E-state index contributed by atoms with van der Waals surface area (Å²) in [5.74, 6) is 0.449. The molecule has 0 bridgehead atoms. The second-order valence-electron chi connectivity index (χ2n) is 8.50. The number of aromatic nitrogens is 1. The first-order chi connectivity index (χ1) is 14.8. The first-order valence-corrected chi connectivity index (χ1v) is 10.4. The van der Waals surface area contributed by atoms with E-state index in [1.54, 1.807) is 44.3 Å². The summed E-state index contributed by atoms with van der Waals surface area (Å²) in [4.78, 5) is 17.8. The fraction of sp³-hybridized carbons (Fsp3) is 0.458. The first kappa shape index (κ1) is 22.7. The van der Waals surface area contributed by atoms with Gasteiger partial charge < -0.3 is 14.4 Å². The van der Waals surface area contributed by atoms with Crippen molar-refractivity contribution in [3.05, 3.63) is 47.8 Å². The largest absolute Gasteiger partial charge is 0.492 e. The predicted octanol–water partition coefficient (Wildman–Crippen LogP) is 4.25. The predicted molar refractivity (Wildman–Crippen MR) is 116 cm³/mol. The average Bonchev–Trinajstić information content (AvgIpc) is 2.77. The Morgan fingerprint density at radius 1 is 1.26 bits per heavy atom. The zero-order chi connectivity index (χ0) is 22.4. The lowest BCUT2D eigenvalue weighted by molar-refractivity contribution is 0.0594. The molecule has 0 N–H and O–H groups in total. The molecule has 1 saturated heterocycles. The number of piperidine rings is 1. The molecule has 3 rings (SSSR count). The number of rotatable bonds is 7. The van der Waals surface area contributed by atoms with Gasteiger partial charge in [0.25, 0.3) is 0 Å². The number of likely N-dealkylation sites (tertiary alicyclic amines) is 1. The number of hydrogen-bond acceptors (Lipinski definition) is 6. The van der Waals surface area contributed by atoms with Gasteiger partial charge in [-0.3, -0.25) is 0 Å². The molecule has 2 aromatic rings. The van der Waals surface area contributed by atoms with Crippen molar-refractivity contribution in [1.82, 2.24) is 9.88 Å². The number of alkyl halides is 1. The Morgan fingerprint density at radius 2 is 1.97 bits per heavy atom. The van der Waals surface area contributed by atoms with Crippen LogP contribution in [-0.4, -0.2) is 54.9 Å². The molecule has 0 saturated carbocycles. The highest BCUT2D eigenvalue weighted by Gasteiger charge is 2.25. The number of ether oxygens (including phenoxy) is 2. The van der Waals surface area contributed by atoms with E-state index in [9.17, 15) is 14.4 Å². The minimum Gasteiger partial charge on any atom is -0.492 e. The van der Waals surface area contributed by atoms with Crippen LogP contribution in [0.5, 0.6) is 5.75 Å². The number of carbonyl (C=O) groups is 1. The second kappa shape index (κ2) is 9.88. The summed E-state index contributed by atoms with van der Waals surface area (Å²) in [6.07, 6.45) is 3.48. The van der Waals surface area contributed by atoms with Crippen LogP contribution in [0.25, 0.3) is 11.1 Å². The van der Waals surface area contributed by atoms with Gasteiger partial charge >= 0.3 is 5.97 Å². The normalized spacial score (nSPS) is 15.3. The summed E-state index contributed by atoms with van der Waals surface area (Å²) < 4.78 is 24.5. The Kier molecular flexibility index (Phi) is 7.24. The molecular weight excluding hydrogens is 397 g/mol. The van der Waals surface area contributed by atoms with Crippen LogP contribution in [-0.2, 0) is 4.74 Å². The Hall–Kier alpha value is -2.98. The van der Waals surface area contributed by atoms with Gasteiger partial charge in [-0.1, -0.05) is 12.1 Å². The molecule has 0 atom stereocenters. The molecule has 0 amide bonds. The number of carbonyl (C=O) groups excluding carboxylic acids is 1. The van der Waals surface area contributed by atoms with Crippen molar-refractivity contribution in [2.75, 3.05) is 33.4 Å². The molecule has 31 heavy (non-hydrogen) atoms. The van der Waals surface area contributed by atoms with Crippen molar-refractivity contribution in [1.29, 1.82) is 5.26 Å². The third-order valence-corrected chi connectivity index (χ3v) is 5.37. The van der Waals surface area contributed by atoms with Crippen molar-refractivity contribution in [2.45, 2.75) is 32.4 Å². The third kappa shape index (κ3) is 6.25. The van der Waals surface area contributed by atoms with Crippen LogP contribution in [0.15, 0.2) is 36.5 Å². The summed E-state index contributed by atoms with van der Waals surface area (Å²) in [6, 6.07) is 11.0. The second-order valence-corrected chi connectivity index (χ2v) is 8.50. The lowest BCUT2D eigenvalue weighted by Gasteiger charge is -2.34. The van der Waals surface area contributed by atoms with Crippen LogP contribution < -0.4 is 4.74 Å². The third-order valence-electron chi connectivity index (χ3n) is 5.37. The summed E-state index contributed by atoms with van der Waals surface area (Å²) in [7, 11) is 1.31. The molecule has 1 aromatic heterocycles. The molecule has 1 aromatic carbocycles. The van der Waals surface area contributed by atoms with E-state index in [4.69, 9.17) is 4.74 Å². The number of nitriles is 1. The maximum absolute atomic E-state index is 13.8. The van der Waals surface area contributed by atoms with Crippen LogP contribution in [0.4, 0.5) is 4.39 Å². The number of esters is 1. The maximum Gasteiger partial charge on any atom is 0.356 e.